The molecule has 0 aliphatic carbocycles. The maximum atomic E-state index is 14.1. The average molecular weight is 717 g/mol. The number of ether oxygens (including phenoxy) is 2. The third-order valence-electron chi connectivity index (χ3n) is 7.89. The van der Waals surface area contributed by atoms with E-state index in [1.807, 2.05) is 86.7 Å². The van der Waals surface area contributed by atoms with Crippen molar-refractivity contribution in [1.29, 1.82) is 0 Å². The van der Waals surface area contributed by atoms with Gasteiger partial charge in [-0.2, -0.15) is 0 Å². The fourth-order valence-electron chi connectivity index (χ4n) is 5.69. The van der Waals surface area contributed by atoms with Crippen molar-refractivity contribution < 1.29 is 14.3 Å². The van der Waals surface area contributed by atoms with Gasteiger partial charge < -0.3 is 14.0 Å². The van der Waals surface area contributed by atoms with E-state index in [0.717, 1.165) is 38.4 Å². The second-order valence-corrected chi connectivity index (χ2v) is 13.2. The van der Waals surface area contributed by atoms with Gasteiger partial charge in [-0.1, -0.05) is 69.2 Å². The smallest absolute Gasteiger partial charge is 0.338 e. The summed E-state index contributed by atoms with van der Waals surface area (Å²) in [5.74, 6) is 0.261. The first-order valence-corrected chi connectivity index (χ1v) is 16.8. The first-order valence-electron chi connectivity index (χ1n) is 14.8. The van der Waals surface area contributed by atoms with Gasteiger partial charge in [0.2, 0.25) is 0 Å². The molecule has 1 atom stereocenters. The third-order valence-corrected chi connectivity index (χ3v) is 9.74. The number of halogens is 2. The molecule has 3 heterocycles. The summed E-state index contributed by atoms with van der Waals surface area (Å²) in [4.78, 5) is 32.4. The quantitative estimate of drug-likeness (QED) is 0.159. The predicted octanol–water partition coefficient (Wildman–Crippen LogP) is 7.20. The van der Waals surface area contributed by atoms with Crippen molar-refractivity contribution in [3.8, 4) is 11.4 Å². The fourth-order valence-corrected chi connectivity index (χ4v) is 7.23. The largest absolute Gasteiger partial charge is 0.489 e. The Morgan fingerprint density at radius 3 is 2.46 bits per heavy atom. The minimum atomic E-state index is -0.761. The highest BCUT2D eigenvalue weighted by atomic mass is 79.9. The zero-order valence-electron chi connectivity index (χ0n) is 25.7. The molecule has 0 saturated carbocycles. The Morgan fingerprint density at radius 1 is 1.04 bits per heavy atom. The summed E-state index contributed by atoms with van der Waals surface area (Å²) in [6, 6.07) is 24.6. The SMILES string of the molecule is CCOC(=O)C1=C(C)N=c2s/c(=C\c3cc(C)n(-c4ccc(OCc5ccc(Br)cc5)cc4)c3C)c(=O)n2[C@H]1c1ccccc1Cl. The molecule has 0 bridgehead atoms. The van der Waals surface area contributed by atoms with Gasteiger partial charge in [0, 0.05) is 26.6 Å². The van der Waals surface area contributed by atoms with Gasteiger partial charge in [0.05, 0.1) is 22.4 Å². The lowest BCUT2D eigenvalue weighted by molar-refractivity contribution is -0.139. The van der Waals surface area contributed by atoms with Crippen molar-refractivity contribution in [1.82, 2.24) is 9.13 Å². The van der Waals surface area contributed by atoms with Crippen LogP contribution < -0.4 is 19.6 Å². The Hall–Kier alpha value is -4.18. The molecule has 7 nitrogen and oxygen atoms in total. The van der Waals surface area contributed by atoms with Crippen LogP contribution >= 0.6 is 38.9 Å². The van der Waals surface area contributed by atoms with E-state index < -0.39 is 12.0 Å². The molecule has 1 aliphatic rings. The minimum Gasteiger partial charge on any atom is -0.489 e. The van der Waals surface area contributed by atoms with Crippen molar-refractivity contribution in [3.05, 3.63) is 147 Å². The summed E-state index contributed by atoms with van der Waals surface area (Å²) >= 11 is 11.4. The molecular formula is C36H31BrClN3O4S. The Labute approximate surface area is 283 Å². The van der Waals surface area contributed by atoms with Gasteiger partial charge in [-0.15, -0.1) is 0 Å². The van der Waals surface area contributed by atoms with Gasteiger partial charge in [-0.3, -0.25) is 9.36 Å². The summed E-state index contributed by atoms with van der Waals surface area (Å²) in [6.45, 7) is 8.26. The van der Waals surface area contributed by atoms with Gasteiger partial charge in [0.1, 0.15) is 18.4 Å². The Morgan fingerprint density at radius 2 is 1.76 bits per heavy atom. The monoisotopic (exact) mass is 715 g/mol. The lowest BCUT2D eigenvalue weighted by Gasteiger charge is -2.25. The van der Waals surface area contributed by atoms with E-state index in [9.17, 15) is 9.59 Å². The van der Waals surface area contributed by atoms with Crippen molar-refractivity contribution in [2.75, 3.05) is 6.61 Å². The molecule has 0 spiro atoms. The lowest BCUT2D eigenvalue weighted by Crippen LogP contribution is -2.40. The number of nitrogens with zero attached hydrogens (tertiary/aromatic N) is 3. The van der Waals surface area contributed by atoms with Crippen LogP contribution in [0, 0.1) is 13.8 Å². The summed E-state index contributed by atoms with van der Waals surface area (Å²) < 4.78 is 16.6. The van der Waals surface area contributed by atoms with Gasteiger partial charge in [-0.05, 0) is 99.0 Å². The molecule has 0 N–H and O–H groups in total. The van der Waals surface area contributed by atoms with Crippen LogP contribution in [0.5, 0.6) is 5.75 Å². The lowest BCUT2D eigenvalue weighted by atomic mass is 9.96. The Bertz CT molecular complexity index is 2160. The molecule has 0 amide bonds. The molecular weight excluding hydrogens is 686 g/mol. The zero-order valence-corrected chi connectivity index (χ0v) is 28.9. The van der Waals surface area contributed by atoms with E-state index in [-0.39, 0.29) is 12.2 Å². The number of hydrogen-bond acceptors (Lipinski definition) is 6. The minimum absolute atomic E-state index is 0.201. The van der Waals surface area contributed by atoms with Gasteiger partial charge in [-0.25, -0.2) is 9.79 Å². The number of fused-ring (bicyclic) bond motifs is 1. The molecule has 0 radical (unpaired) electrons. The number of carbonyl (C=O) groups is 1. The Balaban J connectivity index is 1.35. The maximum absolute atomic E-state index is 14.1. The van der Waals surface area contributed by atoms with Crippen LogP contribution in [0.15, 0.2) is 104 Å². The summed E-state index contributed by atoms with van der Waals surface area (Å²) in [5.41, 5.74) is 6.18. The number of rotatable bonds is 8. The number of aromatic nitrogens is 2. The number of carbonyl (C=O) groups excluding carboxylic acids is 1. The van der Waals surface area contributed by atoms with Gasteiger partial charge in [0.25, 0.3) is 5.56 Å². The number of esters is 1. The highest BCUT2D eigenvalue weighted by Crippen LogP contribution is 2.34. The number of hydrogen-bond donors (Lipinski definition) is 0. The molecule has 0 fully saturated rings. The third kappa shape index (κ3) is 6.15. The first kappa shape index (κ1) is 31.8. The molecule has 10 heteroatoms. The van der Waals surface area contributed by atoms with Crippen LogP contribution in [0.1, 0.15) is 48.0 Å². The number of allylic oxidation sites excluding steroid dienone is 1. The molecule has 0 unspecified atom stereocenters. The number of aryl methyl sites for hydroxylation is 1. The highest BCUT2D eigenvalue weighted by Gasteiger charge is 2.34. The molecule has 234 valence electrons. The standard InChI is InChI=1S/C36H31BrClN3O4S/c1-5-44-35(43)32-22(3)39-36-41(33(32)29-8-6-7-9-30(29)38)34(42)31(46-36)19-25-18-21(2)40(23(25)4)27-14-16-28(17-15-27)45-20-24-10-12-26(37)13-11-24/h6-19,33H,5,20H2,1-4H3/b31-19-/t33-/m0/s1. The van der Waals surface area contributed by atoms with E-state index in [4.69, 9.17) is 21.1 Å². The number of thiazole rings is 1. The molecule has 0 saturated heterocycles. The van der Waals surface area contributed by atoms with Gasteiger partial charge >= 0.3 is 5.97 Å². The average Bonchev–Trinajstić information content (AvgIpc) is 3.50. The van der Waals surface area contributed by atoms with Crippen LogP contribution in [-0.4, -0.2) is 21.7 Å². The topological polar surface area (TPSA) is 74.8 Å². The van der Waals surface area contributed by atoms with Crippen LogP contribution in [0.2, 0.25) is 5.02 Å². The summed E-state index contributed by atoms with van der Waals surface area (Å²) in [5, 5.41) is 0.451. The van der Waals surface area contributed by atoms with Crippen molar-refractivity contribution in [2.24, 2.45) is 4.99 Å². The highest BCUT2D eigenvalue weighted by molar-refractivity contribution is 9.10. The van der Waals surface area contributed by atoms with Gasteiger partial charge in [0.15, 0.2) is 4.80 Å². The second-order valence-electron chi connectivity index (χ2n) is 10.9. The molecule has 2 aromatic heterocycles. The summed E-state index contributed by atoms with van der Waals surface area (Å²) in [7, 11) is 0. The van der Waals surface area contributed by atoms with E-state index >= 15 is 0 Å². The maximum Gasteiger partial charge on any atom is 0.338 e. The second kappa shape index (κ2) is 13.3. The zero-order chi connectivity index (χ0) is 32.5. The molecule has 46 heavy (non-hydrogen) atoms. The van der Waals surface area contributed by atoms with Crippen molar-refractivity contribution in [2.45, 2.75) is 40.3 Å². The predicted molar refractivity (Wildman–Crippen MR) is 186 cm³/mol. The summed E-state index contributed by atoms with van der Waals surface area (Å²) in [6.07, 6.45) is 1.89. The van der Waals surface area contributed by atoms with E-state index in [2.05, 4.69) is 31.6 Å². The molecule has 6 rings (SSSR count). The molecule has 3 aromatic carbocycles. The first-order chi connectivity index (χ1) is 22.2. The molecule has 5 aromatic rings. The number of benzene rings is 3. The van der Waals surface area contributed by atoms with Crippen LogP contribution in [-0.2, 0) is 16.1 Å². The van der Waals surface area contributed by atoms with E-state index in [0.29, 0.717) is 37.8 Å². The Kier molecular flexibility index (Phi) is 9.18. The van der Waals surface area contributed by atoms with E-state index in [1.165, 1.54) is 11.3 Å². The van der Waals surface area contributed by atoms with E-state index in [1.54, 1.807) is 24.5 Å². The van der Waals surface area contributed by atoms with Crippen LogP contribution in [0.3, 0.4) is 0 Å². The normalized spacial score (nSPS) is 14.7. The van der Waals surface area contributed by atoms with Crippen molar-refractivity contribution in [3.63, 3.8) is 0 Å². The van der Waals surface area contributed by atoms with Crippen molar-refractivity contribution >= 4 is 50.9 Å². The van der Waals surface area contributed by atoms with Crippen LogP contribution in [0.4, 0.5) is 0 Å². The van der Waals surface area contributed by atoms with Crippen LogP contribution in [0.25, 0.3) is 11.8 Å². The fraction of sp³-hybridized carbons (Fsp3) is 0.194. The molecule has 1 aliphatic heterocycles.